The molecule has 0 heterocycles. The predicted octanol–water partition coefficient (Wildman–Crippen LogP) is 3.12. The summed E-state index contributed by atoms with van der Waals surface area (Å²) < 4.78 is 0. The van der Waals surface area contributed by atoms with Gasteiger partial charge >= 0.3 is 0 Å². The van der Waals surface area contributed by atoms with Gasteiger partial charge in [-0.2, -0.15) is 10.2 Å². The van der Waals surface area contributed by atoms with Gasteiger partial charge < -0.3 is 0 Å². The van der Waals surface area contributed by atoms with E-state index in [0.29, 0.717) is 21.2 Å². The van der Waals surface area contributed by atoms with Crippen LogP contribution in [-0.4, -0.2) is 24.2 Å². The largest absolute Gasteiger partial charge is 0.271 e. The average Bonchev–Trinajstić information content (AvgIpc) is 2.58. The fraction of sp³-hybridized carbons (Fsp3) is 0. The minimum Gasteiger partial charge on any atom is -0.267 e. The zero-order valence-electron chi connectivity index (χ0n) is 12.2. The highest BCUT2D eigenvalue weighted by molar-refractivity contribution is 6.31. The first-order valence-corrected chi connectivity index (χ1v) is 7.48. The molecule has 0 bridgehead atoms. The van der Waals surface area contributed by atoms with E-state index in [0.717, 1.165) is 0 Å². The Balaban J connectivity index is 1.78. The molecule has 0 saturated carbocycles. The molecular weight excluding hydrogens is 351 g/mol. The van der Waals surface area contributed by atoms with Gasteiger partial charge in [-0.15, -0.1) is 0 Å². The third kappa shape index (κ3) is 5.49. The molecular formula is C16H12Cl2N4O2. The van der Waals surface area contributed by atoms with Crippen molar-refractivity contribution in [3.8, 4) is 0 Å². The lowest BCUT2D eigenvalue weighted by Gasteiger charge is -1.99. The van der Waals surface area contributed by atoms with Crippen LogP contribution in [0.4, 0.5) is 0 Å². The SMILES string of the molecule is O=C(NN=CC=NNC(=O)c1ccc(Cl)cc1)c1ccc(Cl)cc1. The van der Waals surface area contributed by atoms with E-state index in [4.69, 9.17) is 23.2 Å². The van der Waals surface area contributed by atoms with Crippen molar-refractivity contribution in [1.29, 1.82) is 0 Å². The molecule has 6 nitrogen and oxygen atoms in total. The van der Waals surface area contributed by atoms with Gasteiger partial charge in [0.05, 0.1) is 12.4 Å². The number of halogens is 2. The van der Waals surface area contributed by atoms with Gasteiger partial charge in [0, 0.05) is 21.2 Å². The van der Waals surface area contributed by atoms with Crippen LogP contribution in [0, 0.1) is 0 Å². The van der Waals surface area contributed by atoms with Gasteiger partial charge in [0.15, 0.2) is 0 Å². The predicted molar refractivity (Wildman–Crippen MR) is 94.8 cm³/mol. The Bertz CT molecular complexity index is 704. The minimum atomic E-state index is -0.387. The summed E-state index contributed by atoms with van der Waals surface area (Å²) in [6.07, 6.45) is 2.46. The van der Waals surface area contributed by atoms with Crippen molar-refractivity contribution in [3.05, 3.63) is 69.7 Å². The molecule has 0 aromatic heterocycles. The van der Waals surface area contributed by atoms with Crippen LogP contribution < -0.4 is 10.9 Å². The maximum absolute atomic E-state index is 11.7. The Hall–Kier alpha value is -2.70. The maximum Gasteiger partial charge on any atom is 0.271 e. The second-order valence-corrected chi connectivity index (χ2v) is 5.32. The van der Waals surface area contributed by atoms with E-state index < -0.39 is 0 Å². The van der Waals surface area contributed by atoms with Crippen LogP contribution in [-0.2, 0) is 0 Å². The van der Waals surface area contributed by atoms with Crippen molar-refractivity contribution < 1.29 is 9.59 Å². The van der Waals surface area contributed by atoms with Gasteiger partial charge in [-0.3, -0.25) is 9.59 Å². The topological polar surface area (TPSA) is 82.9 Å². The minimum absolute atomic E-state index is 0.387. The molecule has 0 atom stereocenters. The highest BCUT2D eigenvalue weighted by Gasteiger charge is 2.03. The van der Waals surface area contributed by atoms with Crippen molar-refractivity contribution in [2.75, 3.05) is 0 Å². The van der Waals surface area contributed by atoms with E-state index in [9.17, 15) is 9.59 Å². The highest BCUT2D eigenvalue weighted by Crippen LogP contribution is 2.09. The Morgan fingerprint density at radius 1 is 0.708 bits per heavy atom. The fourth-order valence-corrected chi connectivity index (χ4v) is 1.84. The fourth-order valence-electron chi connectivity index (χ4n) is 1.59. The maximum atomic E-state index is 11.7. The van der Waals surface area contributed by atoms with Crippen LogP contribution in [0.5, 0.6) is 0 Å². The zero-order valence-corrected chi connectivity index (χ0v) is 13.8. The first-order valence-electron chi connectivity index (χ1n) is 6.73. The number of hydrogen-bond donors (Lipinski definition) is 2. The van der Waals surface area contributed by atoms with E-state index in [1.54, 1.807) is 48.5 Å². The number of amides is 2. The number of rotatable bonds is 5. The van der Waals surface area contributed by atoms with Gasteiger partial charge in [-0.05, 0) is 48.5 Å². The van der Waals surface area contributed by atoms with Gasteiger partial charge in [-0.1, -0.05) is 23.2 Å². The molecule has 0 aliphatic rings. The lowest BCUT2D eigenvalue weighted by Crippen LogP contribution is -2.18. The number of carbonyl (C=O) groups excluding carboxylic acids is 2. The summed E-state index contributed by atoms with van der Waals surface area (Å²) in [4.78, 5) is 23.4. The molecule has 0 unspecified atom stereocenters. The van der Waals surface area contributed by atoms with E-state index in [2.05, 4.69) is 21.1 Å². The molecule has 0 spiro atoms. The van der Waals surface area contributed by atoms with Crippen molar-refractivity contribution in [1.82, 2.24) is 10.9 Å². The Labute approximate surface area is 148 Å². The molecule has 24 heavy (non-hydrogen) atoms. The summed E-state index contributed by atoms with van der Waals surface area (Å²) in [5.74, 6) is -0.775. The lowest BCUT2D eigenvalue weighted by atomic mass is 10.2. The van der Waals surface area contributed by atoms with Crippen molar-refractivity contribution in [2.45, 2.75) is 0 Å². The molecule has 122 valence electrons. The summed E-state index contributed by atoms with van der Waals surface area (Å²) in [6, 6.07) is 12.7. The smallest absolute Gasteiger partial charge is 0.267 e. The van der Waals surface area contributed by atoms with Gasteiger partial charge in [0.1, 0.15) is 0 Å². The standard InChI is InChI=1S/C16H12Cl2N4O2/c17-13-5-1-11(2-6-13)15(23)21-19-9-10-20-22-16(24)12-3-7-14(18)8-4-12/h1-10H,(H,21,23)(H,22,24). The van der Waals surface area contributed by atoms with Gasteiger partial charge in [0.25, 0.3) is 11.8 Å². The first-order chi connectivity index (χ1) is 11.6. The number of benzene rings is 2. The summed E-state index contributed by atoms with van der Waals surface area (Å²) in [5, 5.41) is 8.43. The van der Waals surface area contributed by atoms with Crippen LogP contribution in [0.25, 0.3) is 0 Å². The summed E-state index contributed by atoms with van der Waals surface area (Å²) in [7, 11) is 0. The van der Waals surface area contributed by atoms with Crippen LogP contribution >= 0.6 is 23.2 Å². The zero-order chi connectivity index (χ0) is 17.4. The number of hydrogen-bond acceptors (Lipinski definition) is 4. The lowest BCUT2D eigenvalue weighted by molar-refractivity contribution is 0.0946. The third-order valence-electron chi connectivity index (χ3n) is 2.76. The molecule has 2 N–H and O–H groups in total. The molecule has 0 aliphatic heterocycles. The Morgan fingerprint density at radius 3 is 1.38 bits per heavy atom. The summed E-state index contributed by atoms with van der Waals surface area (Å²) in [6.45, 7) is 0. The molecule has 2 rings (SSSR count). The van der Waals surface area contributed by atoms with Crippen LogP contribution in [0.15, 0.2) is 58.7 Å². The van der Waals surface area contributed by atoms with Crippen LogP contribution in [0.2, 0.25) is 10.0 Å². The number of carbonyl (C=O) groups is 2. The molecule has 0 saturated heterocycles. The molecule has 0 fully saturated rings. The highest BCUT2D eigenvalue weighted by atomic mass is 35.5. The van der Waals surface area contributed by atoms with Crippen molar-refractivity contribution >= 4 is 47.4 Å². The number of nitrogens with one attached hydrogen (secondary N) is 2. The molecule has 0 radical (unpaired) electrons. The van der Waals surface area contributed by atoms with Crippen LogP contribution in [0.1, 0.15) is 20.7 Å². The first kappa shape index (κ1) is 17.7. The van der Waals surface area contributed by atoms with E-state index >= 15 is 0 Å². The monoisotopic (exact) mass is 362 g/mol. The third-order valence-corrected chi connectivity index (χ3v) is 3.26. The molecule has 2 aromatic carbocycles. The normalized spacial score (nSPS) is 10.9. The molecule has 8 heteroatoms. The molecule has 2 aromatic rings. The van der Waals surface area contributed by atoms with Gasteiger partial charge in [-0.25, -0.2) is 10.9 Å². The second kappa shape index (κ2) is 8.81. The van der Waals surface area contributed by atoms with E-state index in [-0.39, 0.29) is 11.8 Å². The molecule has 2 amide bonds. The quantitative estimate of drug-likeness (QED) is 0.632. The average molecular weight is 363 g/mol. The number of hydrazone groups is 2. The number of nitrogens with zero attached hydrogens (tertiary/aromatic N) is 2. The Morgan fingerprint density at radius 2 is 1.04 bits per heavy atom. The van der Waals surface area contributed by atoms with Gasteiger partial charge in [0.2, 0.25) is 0 Å². The Kier molecular flexibility index (Phi) is 6.48. The van der Waals surface area contributed by atoms with E-state index in [1.165, 1.54) is 12.4 Å². The second-order valence-electron chi connectivity index (χ2n) is 4.45. The van der Waals surface area contributed by atoms with Crippen LogP contribution in [0.3, 0.4) is 0 Å². The van der Waals surface area contributed by atoms with Crippen molar-refractivity contribution in [2.24, 2.45) is 10.2 Å². The summed E-state index contributed by atoms with van der Waals surface area (Å²) >= 11 is 11.5. The van der Waals surface area contributed by atoms with E-state index in [1.807, 2.05) is 0 Å². The van der Waals surface area contributed by atoms with Crippen molar-refractivity contribution in [3.63, 3.8) is 0 Å². The molecule has 0 aliphatic carbocycles. The summed E-state index contributed by atoms with van der Waals surface area (Å²) in [5.41, 5.74) is 5.47.